The highest BCUT2D eigenvalue weighted by Gasteiger charge is 2.23. The Labute approximate surface area is 146 Å². The fraction of sp³-hybridized carbons (Fsp3) is 0.278. The SMILES string of the molecule is Cc1cc(NS(=O)(=O)Cc2cccc(F)c2)ccc1N1CCCC1=O. The number of aryl methyl sites for hydroxylation is 1. The molecular weight excluding hydrogens is 343 g/mol. The lowest BCUT2D eigenvalue weighted by Crippen LogP contribution is -2.24. The van der Waals surface area contributed by atoms with Crippen LogP contribution in [0.25, 0.3) is 0 Å². The second-order valence-electron chi connectivity index (χ2n) is 6.14. The Morgan fingerprint density at radius 3 is 2.64 bits per heavy atom. The van der Waals surface area contributed by atoms with Crippen LogP contribution in [0.2, 0.25) is 0 Å². The van der Waals surface area contributed by atoms with E-state index in [-0.39, 0.29) is 11.7 Å². The maximum absolute atomic E-state index is 13.2. The lowest BCUT2D eigenvalue weighted by molar-refractivity contribution is -0.117. The van der Waals surface area contributed by atoms with Crippen molar-refractivity contribution in [3.8, 4) is 0 Å². The predicted molar refractivity (Wildman–Crippen MR) is 95.4 cm³/mol. The van der Waals surface area contributed by atoms with Crippen molar-refractivity contribution in [1.29, 1.82) is 0 Å². The second-order valence-corrected chi connectivity index (χ2v) is 7.86. The lowest BCUT2D eigenvalue weighted by Gasteiger charge is -2.19. The summed E-state index contributed by atoms with van der Waals surface area (Å²) in [6.07, 6.45) is 1.38. The van der Waals surface area contributed by atoms with Gasteiger partial charge in [-0.05, 0) is 54.8 Å². The number of hydrogen-bond donors (Lipinski definition) is 1. The zero-order chi connectivity index (χ0) is 18.0. The van der Waals surface area contributed by atoms with Crippen LogP contribution in [-0.2, 0) is 20.6 Å². The summed E-state index contributed by atoms with van der Waals surface area (Å²) in [5.74, 6) is -0.693. The molecule has 0 atom stereocenters. The van der Waals surface area contributed by atoms with E-state index in [0.29, 0.717) is 24.2 Å². The molecule has 132 valence electrons. The van der Waals surface area contributed by atoms with E-state index in [4.69, 9.17) is 0 Å². The van der Waals surface area contributed by atoms with Crippen LogP contribution in [0.1, 0.15) is 24.0 Å². The van der Waals surface area contributed by atoms with Crippen LogP contribution in [0.4, 0.5) is 15.8 Å². The molecule has 7 heteroatoms. The van der Waals surface area contributed by atoms with Crippen LogP contribution in [0.3, 0.4) is 0 Å². The third kappa shape index (κ3) is 4.17. The Morgan fingerprint density at radius 1 is 1.20 bits per heavy atom. The first-order valence-corrected chi connectivity index (χ1v) is 9.65. The average molecular weight is 362 g/mol. The molecule has 0 saturated carbocycles. The van der Waals surface area contributed by atoms with Crippen molar-refractivity contribution in [2.24, 2.45) is 0 Å². The number of carbonyl (C=O) groups excluding carboxylic acids is 1. The van der Waals surface area contributed by atoms with Crippen LogP contribution >= 0.6 is 0 Å². The number of sulfonamides is 1. The monoisotopic (exact) mass is 362 g/mol. The third-order valence-electron chi connectivity index (χ3n) is 4.08. The predicted octanol–water partition coefficient (Wildman–Crippen LogP) is 3.20. The molecule has 0 bridgehead atoms. The molecule has 0 unspecified atom stereocenters. The highest BCUT2D eigenvalue weighted by atomic mass is 32.2. The molecule has 25 heavy (non-hydrogen) atoms. The van der Waals surface area contributed by atoms with E-state index < -0.39 is 15.8 Å². The van der Waals surface area contributed by atoms with E-state index in [1.54, 1.807) is 29.2 Å². The summed E-state index contributed by atoms with van der Waals surface area (Å²) < 4.78 is 40.3. The minimum atomic E-state index is -3.66. The molecule has 1 saturated heterocycles. The van der Waals surface area contributed by atoms with Gasteiger partial charge >= 0.3 is 0 Å². The fourth-order valence-electron chi connectivity index (χ4n) is 2.99. The molecule has 2 aromatic carbocycles. The van der Waals surface area contributed by atoms with Crippen molar-refractivity contribution < 1.29 is 17.6 Å². The van der Waals surface area contributed by atoms with E-state index in [0.717, 1.165) is 17.7 Å². The fourth-order valence-corrected chi connectivity index (χ4v) is 4.16. The summed E-state index contributed by atoms with van der Waals surface area (Å²) in [7, 11) is -3.66. The first kappa shape index (κ1) is 17.4. The summed E-state index contributed by atoms with van der Waals surface area (Å²) in [4.78, 5) is 13.6. The summed E-state index contributed by atoms with van der Waals surface area (Å²) in [5, 5.41) is 0. The minimum Gasteiger partial charge on any atom is -0.312 e. The van der Waals surface area contributed by atoms with Crippen molar-refractivity contribution >= 4 is 27.3 Å². The largest absolute Gasteiger partial charge is 0.312 e. The molecule has 1 aliphatic rings. The van der Waals surface area contributed by atoms with E-state index >= 15 is 0 Å². The molecule has 1 amide bonds. The first-order valence-electron chi connectivity index (χ1n) is 8.00. The molecule has 0 spiro atoms. The van der Waals surface area contributed by atoms with Gasteiger partial charge in [0.1, 0.15) is 5.82 Å². The molecule has 3 rings (SSSR count). The summed E-state index contributed by atoms with van der Waals surface area (Å²) in [6, 6.07) is 10.6. The van der Waals surface area contributed by atoms with E-state index in [1.165, 1.54) is 18.2 Å². The van der Waals surface area contributed by atoms with Gasteiger partial charge in [0.2, 0.25) is 15.9 Å². The van der Waals surface area contributed by atoms with Crippen molar-refractivity contribution in [3.05, 3.63) is 59.4 Å². The number of carbonyl (C=O) groups is 1. The van der Waals surface area contributed by atoms with Crippen molar-refractivity contribution in [2.75, 3.05) is 16.2 Å². The van der Waals surface area contributed by atoms with Crippen LogP contribution in [0.5, 0.6) is 0 Å². The van der Waals surface area contributed by atoms with Gasteiger partial charge in [-0.15, -0.1) is 0 Å². The molecule has 1 aliphatic heterocycles. The third-order valence-corrected chi connectivity index (χ3v) is 5.34. The summed E-state index contributed by atoms with van der Waals surface area (Å²) in [6.45, 7) is 2.52. The number of benzene rings is 2. The molecule has 1 N–H and O–H groups in total. The van der Waals surface area contributed by atoms with Crippen molar-refractivity contribution in [2.45, 2.75) is 25.5 Å². The Bertz CT molecular complexity index is 912. The Morgan fingerprint density at radius 2 is 2.00 bits per heavy atom. The van der Waals surface area contributed by atoms with E-state index in [1.807, 2.05) is 6.92 Å². The molecule has 0 radical (unpaired) electrons. The first-order chi connectivity index (χ1) is 11.8. The normalized spacial score (nSPS) is 14.8. The van der Waals surface area contributed by atoms with Crippen molar-refractivity contribution in [3.63, 3.8) is 0 Å². The van der Waals surface area contributed by atoms with Gasteiger partial charge in [-0.1, -0.05) is 12.1 Å². The van der Waals surface area contributed by atoms with Gasteiger partial charge in [0, 0.05) is 24.3 Å². The molecule has 0 aliphatic carbocycles. The highest BCUT2D eigenvalue weighted by Crippen LogP contribution is 2.28. The zero-order valence-electron chi connectivity index (χ0n) is 13.8. The molecule has 2 aromatic rings. The molecule has 1 fully saturated rings. The molecular formula is C18H19FN2O3S. The van der Waals surface area contributed by atoms with Gasteiger partial charge in [-0.25, -0.2) is 12.8 Å². The number of rotatable bonds is 5. The number of halogens is 1. The number of nitrogens with zero attached hydrogens (tertiary/aromatic N) is 1. The van der Waals surface area contributed by atoms with Crippen molar-refractivity contribution in [1.82, 2.24) is 0 Å². The van der Waals surface area contributed by atoms with E-state index in [9.17, 15) is 17.6 Å². The van der Waals surface area contributed by atoms with Crippen LogP contribution in [-0.4, -0.2) is 20.9 Å². The minimum absolute atomic E-state index is 0.0857. The van der Waals surface area contributed by atoms with Gasteiger partial charge < -0.3 is 4.90 Å². The van der Waals surface area contributed by atoms with Crippen LogP contribution < -0.4 is 9.62 Å². The van der Waals surface area contributed by atoms with Crippen LogP contribution in [0, 0.1) is 12.7 Å². The van der Waals surface area contributed by atoms with Gasteiger partial charge in [-0.3, -0.25) is 9.52 Å². The Hall–Kier alpha value is -2.41. The van der Waals surface area contributed by atoms with Crippen LogP contribution in [0.15, 0.2) is 42.5 Å². The van der Waals surface area contributed by atoms with Gasteiger partial charge in [0.15, 0.2) is 0 Å². The number of hydrogen-bond acceptors (Lipinski definition) is 3. The summed E-state index contributed by atoms with van der Waals surface area (Å²) >= 11 is 0. The number of amides is 1. The lowest BCUT2D eigenvalue weighted by atomic mass is 10.1. The standard InChI is InChI=1S/C18H19FN2O3S/c1-13-10-16(7-8-17(13)21-9-3-6-18(21)22)20-25(23,24)12-14-4-2-5-15(19)11-14/h2,4-5,7-8,10-11,20H,3,6,9,12H2,1H3. The van der Waals surface area contributed by atoms with Gasteiger partial charge in [-0.2, -0.15) is 0 Å². The Kier molecular flexibility index (Phi) is 4.76. The highest BCUT2D eigenvalue weighted by molar-refractivity contribution is 7.91. The number of nitrogens with one attached hydrogen (secondary N) is 1. The molecule has 0 aromatic heterocycles. The number of anilines is 2. The second kappa shape index (κ2) is 6.84. The Balaban J connectivity index is 1.76. The molecule has 1 heterocycles. The molecule has 5 nitrogen and oxygen atoms in total. The summed E-state index contributed by atoms with van der Waals surface area (Å²) in [5.41, 5.74) is 2.42. The maximum Gasteiger partial charge on any atom is 0.236 e. The van der Waals surface area contributed by atoms with E-state index in [2.05, 4.69) is 4.72 Å². The smallest absolute Gasteiger partial charge is 0.236 e. The average Bonchev–Trinajstić information content (AvgIpc) is 2.92. The zero-order valence-corrected chi connectivity index (χ0v) is 14.6. The van der Waals surface area contributed by atoms with Gasteiger partial charge in [0.05, 0.1) is 5.75 Å². The maximum atomic E-state index is 13.2. The topological polar surface area (TPSA) is 66.5 Å². The van der Waals surface area contributed by atoms with Gasteiger partial charge in [0.25, 0.3) is 0 Å². The quantitative estimate of drug-likeness (QED) is 0.888.